The summed E-state index contributed by atoms with van der Waals surface area (Å²) in [7, 11) is 1.52. The van der Waals surface area contributed by atoms with Gasteiger partial charge in [-0.3, -0.25) is 9.59 Å². The molecule has 2 amide bonds. The number of methoxy groups -OCH3 is 1. The van der Waals surface area contributed by atoms with E-state index in [1.165, 1.54) is 41.9 Å². The minimum absolute atomic E-state index is 0.0917. The zero-order valence-corrected chi connectivity index (χ0v) is 32.5. The van der Waals surface area contributed by atoms with Crippen molar-refractivity contribution in [2.45, 2.75) is 56.5 Å². The van der Waals surface area contributed by atoms with Gasteiger partial charge in [-0.15, -0.1) is 22.7 Å². The van der Waals surface area contributed by atoms with Crippen LogP contribution in [0.4, 0.5) is 11.4 Å². The number of amides is 2. The van der Waals surface area contributed by atoms with Crippen molar-refractivity contribution >= 4 is 63.4 Å². The van der Waals surface area contributed by atoms with Crippen molar-refractivity contribution in [1.82, 2.24) is 10.2 Å². The molecule has 7 rings (SSSR count). The van der Waals surface area contributed by atoms with Gasteiger partial charge in [0, 0.05) is 49.3 Å². The highest BCUT2D eigenvalue weighted by Gasteiger charge is 2.51. The Bertz CT molecular complexity index is 1980. The normalized spacial score (nSPS) is 17.4. The Labute approximate surface area is 331 Å². The molecular weight excluding hydrogens is 768 g/mol. The van der Waals surface area contributed by atoms with Gasteiger partial charge in [0.05, 0.1) is 39.4 Å². The SMILES string of the molecule is COc1cc(NC(=O)CCN2CCC3(CC2)CC(OC(=O)C(O)(c2cccs2)c2cccs2)C3)c(Cl)cc1CNC[C@H](O)c1cc(O)cc2c1OCC(=O)N2. The predicted molar refractivity (Wildman–Crippen MR) is 209 cm³/mol. The number of thiophene rings is 2. The number of aliphatic hydroxyl groups excluding tert-OH is 1. The number of piperidine rings is 1. The van der Waals surface area contributed by atoms with Gasteiger partial charge in [0.15, 0.2) is 6.61 Å². The highest BCUT2D eigenvalue weighted by Crippen LogP contribution is 2.51. The van der Waals surface area contributed by atoms with Gasteiger partial charge < -0.3 is 50.4 Å². The van der Waals surface area contributed by atoms with Crippen molar-refractivity contribution in [3.8, 4) is 17.2 Å². The van der Waals surface area contributed by atoms with Crippen LogP contribution in [0.2, 0.25) is 5.02 Å². The van der Waals surface area contributed by atoms with Crippen molar-refractivity contribution in [2.75, 3.05) is 50.5 Å². The van der Waals surface area contributed by atoms with Crippen molar-refractivity contribution in [1.29, 1.82) is 0 Å². The number of hydrogen-bond donors (Lipinski definition) is 6. The zero-order valence-electron chi connectivity index (χ0n) is 30.1. The second-order valence-electron chi connectivity index (χ2n) is 14.3. The van der Waals surface area contributed by atoms with Gasteiger partial charge in [-0.25, -0.2) is 4.79 Å². The molecule has 292 valence electrons. The lowest BCUT2D eigenvalue weighted by Crippen LogP contribution is -2.52. The number of nitrogens with zero attached hydrogens (tertiary/aromatic N) is 1. The average Bonchev–Trinajstić information content (AvgIpc) is 3.91. The van der Waals surface area contributed by atoms with Crippen molar-refractivity contribution in [2.24, 2.45) is 5.41 Å². The first-order valence-corrected chi connectivity index (χ1v) is 20.2. The number of aromatic hydroxyl groups is 1. The molecule has 1 saturated heterocycles. The van der Waals surface area contributed by atoms with E-state index in [1.54, 1.807) is 24.3 Å². The maximum Gasteiger partial charge on any atom is 0.349 e. The monoisotopic (exact) mass is 810 g/mol. The van der Waals surface area contributed by atoms with Gasteiger partial charge in [0.1, 0.15) is 23.4 Å². The van der Waals surface area contributed by atoms with E-state index in [9.17, 15) is 29.7 Å². The molecule has 4 heterocycles. The van der Waals surface area contributed by atoms with Crippen LogP contribution in [-0.4, -0.2) is 84.0 Å². The summed E-state index contributed by atoms with van der Waals surface area (Å²) in [4.78, 5) is 41.4. The van der Waals surface area contributed by atoms with Gasteiger partial charge in [0.25, 0.3) is 5.91 Å². The molecule has 6 N–H and O–H groups in total. The molecule has 1 atom stereocenters. The van der Waals surface area contributed by atoms with E-state index in [0.29, 0.717) is 55.3 Å². The highest BCUT2D eigenvalue weighted by atomic mass is 35.5. The third-order valence-electron chi connectivity index (χ3n) is 10.6. The number of benzene rings is 2. The van der Waals surface area contributed by atoms with E-state index >= 15 is 0 Å². The molecular formula is C39H43ClN4O9S2. The fourth-order valence-corrected chi connectivity index (χ4v) is 9.53. The number of halogens is 1. The number of phenolic OH excluding ortho intramolecular Hbond substituents is 1. The van der Waals surface area contributed by atoms with Gasteiger partial charge in [-0.05, 0) is 79.2 Å². The molecule has 16 heteroatoms. The van der Waals surface area contributed by atoms with Crippen LogP contribution in [0.1, 0.15) is 59.1 Å². The highest BCUT2D eigenvalue weighted by molar-refractivity contribution is 7.12. The Hall–Kier alpha value is -4.22. The molecule has 1 saturated carbocycles. The number of carbonyl (C=O) groups excluding carboxylic acids is 3. The standard InChI is InChI=1S/C39H43ClN4O9S2/c1-51-31-17-28(27(40)14-23(31)20-41-21-30(46)26-15-24(45)16-29-36(26)52-22-35(48)43-29)42-34(47)6-9-44-10-7-38(8-11-44)18-25(19-38)53-37(49)39(50,32-4-2-12-54-32)33-5-3-13-55-33/h2-5,12-17,25,30,41,45-46,50H,6-11,18-22H2,1H3,(H,42,47)(H,43,48)/t30-/m0/s1. The summed E-state index contributed by atoms with van der Waals surface area (Å²) in [5.41, 5.74) is 0.0544. The molecule has 0 radical (unpaired) electrons. The fourth-order valence-electron chi connectivity index (χ4n) is 7.58. The van der Waals surface area contributed by atoms with E-state index < -0.39 is 17.7 Å². The molecule has 4 aromatic rings. The quantitative estimate of drug-likeness (QED) is 0.0901. The van der Waals surface area contributed by atoms with Gasteiger partial charge in [0.2, 0.25) is 11.5 Å². The maximum atomic E-state index is 13.4. The number of hydrogen-bond acceptors (Lipinski definition) is 13. The number of nitrogens with one attached hydrogen (secondary N) is 3. The van der Waals surface area contributed by atoms with Gasteiger partial charge in [-0.1, -0.05) is 23.7 Å². The number of anilines is 2. The summed E-state index contributed by atoms with van der Waals surface area (Å²) in [5, 5.41) is 45.2. The number of esters is 1. The lowest BCUT2D eigenvalue weighted by molar-refractivity contribution is -0.181. The van der Waals surface area contributed by atoms with E-state index in [1.807, 2.05) is 22.9 Å². The summed E-state index contributed by atoms with van der Waals surface area (Å²) < 4.78 is 17.0. The van der Waals surface area contributed by atoms with Crippen LogP contribution in [0.15, 0.2) is 59.3 Å². The first kappa shape index (κ1) is 39.0. The number of ether oxygens (including phenoxy) is 3. The topological polar surface area (TPSA) is 179 Å². The first-order chi connectivity index (χ1) is 26.5. The molecule has 2 fully saturated rings. The van der Waals surface area contributed by atoms with Gasteiger partial charge in [-0.2, -0.15) is 0 Å². The van der Waals surface area contributed by atoms with Crippen LogP contribution in [0.5, 0.6) is 17.2 Å². The minimum Gasteiger partial charge on any atom is -0.508 e. The number of carbonyl (C=O) groups is 3. The molecule has 0 unspecified atom stereocenters. The average molecular weight is 811 g/mol. The third kappa shape index (κ3) is 8.48. The second kappa shape index (κ2) is 16.5. The fraction of sp³-hybridized carbons (Fsp3) is 0.410. The maximum absolute atomic E-state index is 13.4. The second-order valence-corrected chi connectivity index (χ2v) is 16.6. The van der Waals surface area contributed by atoms with Crippen LogP contribution in [0.3, 0.4) is 0 Å². The Balaban J connectivity index is 0.851. The smallest absolute Gasteiger partial charge is 0.349 e. The summed E-state index contributed by atoms with van der Waals surface area (Å²) in [6.45, 7) is 2.45. The summed E-state index contributed by atoms with van der Waals surface area (Å²) in [5.74, 6) is -0.466. The molecule has 2 aliphatic heterocycles. The Morgan fingerprint density at radius 3 is 2.49 bits per heavy atom. The summed E-state index contributed by atoms with van der Waals surface area (Å²) >= 11 is 9.25. The lowest BCUT2D eigenvalue weighted by Gasteiger charge is -2.51. The molecule has 2 aromatic heterocycles. The molecule has 3 aliphatic rings. The van der Waals surface area contributed by atoms with E-state index in [-0.39, 0.29) is 55.2 Å². The van der Waals surface area contributed by atoms with E-state index in [4.69, 9.17) is 25.8 Å². The van der Waals surface area contributed by atoms with Crippen molar-refractivity contribution < 1.29 is 43.9 Å². The minimum atomic E-state index is -1.80. The van der Waals surface area contributed by atoms with E-state index in [2.05, 4.69) is 20.9 Å². The summed E-state index contributed by atoms with van der Waals surface area (Å²) in [6, 6.07) is 13.3. The van der Waals surface area contributed by atoms with Crippen LogP contribution in [-0.2, 0) is 31.3 Å². The molecule has 55 heavy (non-hydrogen) atoms. The molecule has 1 spiro atoms. The molecule has 13 nitrogen and oxygen atoms in total. The first-order valence-electron chi connectivity index (χ1n) is 18.0. The number of fused-ring (bicyclic) bond motifs is 1. The number of rotatable bonds is 14. The molecule has 1 aliphatic carbocycles. The third-order valence-corrected chi connectivity index (χ3v) is 12.9. The van der Waals surface area contributed by atoms with E-state index in [0.717, 1.165) is 38.8 Å². The Morgan fingerprint density at radius 1 is 1.13 bits per heavy atom. The van der Waals surface area contributed by atoms with Crippen LogP contribution < -0.4 is 25.4 Å². The van der Waals surface area contributed by atoms with Crippen molar-refractivity contribution in [3.05, 3.63) is 85.2 Å². The lowest BCUT2D eigenvalue weighted by atomic mass is 9.61. The van der Waals surface area contributed by atoms with Crippen LogP contribution in [0.25, 0.3) is 0 Å². The number of likely N-dealkylation sites (tertiary alicyclic amines) is 1. The van der Waals surface area contributed by atoms with Crippen molar-refractivity contribution in [3.63, 3.8) is 0 Å². The zero-order chi connectivity index (χ0) is 38.7. The largest absolute Gasteiger partial charge is 0.508 e. The van der Waals surface area contributed by atoms with Crippen LogP contribution >= 0.6 is 34.3 Å². The van der Waals surface area contributed by atoms with Gasteiger partial charge >= 0.3 is 5.97 Å². The Kier molecular flexibility index (Phi) is 11.7. The predicted octanol–water partition coefficient (Wildman–Crippen LogP) is 5.38. The number of aliphatic hydroxyl groups is 2. The Morgan fingerprint density at radius 2 is 1.84 bits per heavy atom. The molecule has 0 bridgehead atoms. The van der Waals surface area contributed by atoms with Crippen LogP contribution in [0, 0.1) is 5.41 Å². The number of phenols is 1. The molecule has 2 aromatic carbocycles. The summed E-state index contributed by atoms with van der Waals surface area (Å²) in [6.07, 6.45) is 2.41.